The van der Waals surface area contributed by atoms with Crippen LogP contribution in [-0.2, 0) is 33.9 Å². The molecule has 1 N–H and O–H groups in total. The number of hydrogen-bond donors (Lipinski definition) is 1. The summed E-state index contributed by atoms with van der Waals surface area (Å²) >= 11 is 0. The van der Waals surface area contributed by atoms with Crippen molar-refractivity contribution in [2.24, 2.45) is 5.92 Å². The van der Waals surface area contributed by atoms with Crippen molar-refractivity contribution in [3.05, 3.63) is 77.7 Å². The van der Waals surface area contributed by atoms with E-state index in [9.17, 15) is 4.79 Å². The number of nitrogens with one attached hydrogen (secondary N) is 1. The zero-order valence-electron chi connectivity index (χ0n) is 17.3. The summed E-state index contributed by atoms with van der Waals surface area (Å²) in [4.78, 5) is 12.0. The lowest BCUT2D eigenvalue weighted by Crippen LogP contribution is -2.30. The Balaban J connectivity index is 1.17. The Hall–Kier alpha value is -3.16. The molecule has 3 aromatic rings. The van der Waals surface area contributed by atoms with E-state index in [-0.39, 0.29) is 18.9 Å². The van der Waals surface area contributed by atoms with Gasteiger partial charge in [-0.05, 0) is 36.2 Å². The van der Waals surface area contributed by atoms with Gasteiger partial charge in [0, 0.05) is 25.1 Å². The highest BCUT2D eigenvalue weighted by atomic mass is 16.5. The molecule has 0 bridgehead atoms. The minimum absolute atomic E-state index is 0.0644. The molecule has 7 heteroatoms. The fraction of sp³-hybridized carbons (Fsp3) is 0.333. The molecule has 2 aromatic carbocycles. The molecule has 0 saturated carbocycles. The van der Waals surface area contributed by atoms with E-state index in [0.29, 0.717) is 37.1 Å². The van der Waals surface area contributed by atoms with Crippen LogP contribution in [0.1, 0.15) is 23.4 Å². The maximum atomic E-state index is 12.0. The Morgan fingerprint density at radius 1 is 1.06 bits per heavy atom. The third-order valence-corrected chi connectivity index (χ3v) is 4.98. The molecule has 1 saturated heterocycles. The van der Waals surface area contributed by atoms with Gasteiger partial charge in [-0.3, -0.25) is 4.79 Å². The minimum Gasteiger partial charge on any atom is -0.457 e. The highest BCUT2D eigenvalue weighted by molar-refractivity contribution is 5.78. The Kier molecular flexibility index (Phi) is 7.31. The molecule has 31 heavy (non-hydrogen) atoms. The van der Waals surface area contributed by atoms with Crippen molar-refractivity contribution >= 4 is 5.91 Å². The smallest absolute Gasteiger partial charge is 0.226 e. The number of carbonyl (C=O) groups excluding carboxylic acids is 1. The van der Waals surface area contributed by atoms with Crippen molar-refractivity contribution in [2.45, 2.75) is 26.1 Å². The van der Waals surface area contributed by atoms with Crippen LogP contribution in [-0.4, -0.2) is 30.8 Å². The monoisotopic (exact) mass is 422 g/mol. The van der Waals surface area contributed by atoms with Crippen LogP contribution in [0.2, 0.25) is 0 Å². The standard InChI is InChI=1S/C24H26N2O5/c27-24(25-14-19-10-11-28-16-19)13-20-12-23(31-26-20)17-29-15-18-6-8-22(9-7-18)30-21-4-2-1-3-5-21/h1-9,12,19H,10-11,13-17H2,(H,25,27). The van der Waals surface area contributed by atoms with Gasteiger partial charge in [-0.1, -0.05) is 35.5 Å². The van der Waals surface area contributed by atoms with Crippen LogP contribution < -0.4 is 10.1 Å². The summed E-state index contributed by atoms with van der Waals surface area (Å²) in [6.45, 7) is 2.86. The van der Waals surface area contributed by atoms with Gasteiger partial charge in [-0.2, -0.15) is 0 Å². The third-order valence-electron chi connectivity index (χ3n) is 4.98. The van der Waals surface area contributed by atoms with Gasteiger partial charge in [0.1, 0.15) is 18.1 Å². The van der Waals surface area contributed by atoms with Crippen molar-refractivity contribution < 1.29 is 23.5 Å². The Bertz CT molecular complexity index is 950. The first-order valence-corrected chi connectivity index (χ1v) is 10.4. The summed E-state index contributed by atoms with van der Waals surface area (Å²) in [6.07, 6.45) is 1.19. The van der Waals surface area contributed by atoms with Crippen LogP contribution in [0.4, 0.5) is 0 Å². The topological polar surface area (TPSA) is 82.8 Å². The lowest BCUT2D eigenvalue weighted by atomic mass is 10.1. The maximum Gasteiger partial charge on any atom is 0.226 e. The van der Waals surface area contributed by atoms with Crippen LogP contribution in [0, 0.1) is 5.92 Å². The highest BCUT2D eigenvalue weighted by Crippen LogP contribution is 2.21. The Morgan fingerprint density at radius 3 is 2.65 bits per heavy atom. The number of aromatic nitrogens is 1. The summed E-state index contributed by atoms with van der Waals surface area (Å²) < 4.78 is 22.1. The number of rotatable bonds is 10. The second-order valence-electron chi connectivity index (χ2n) is 7.55. The first-order valence-electron chi connectivity index (χ1n) is 10.4. The van der Waals surface area contributed by atoms with E-state index in [2.05, 4.69) is 10.5 Å². The van der Waals surface area contributed by atoms with Crippen molar-refractivity contribution in [1.82, 2.24) is 10.5 Å². The normalized spacial score (nSPS) is 15.7. The zero-order chi connectivity index (χ0) is 21.3. The van der Waals surface area contributed by atoms with E-state index in [0.717, 1.165) is 30.1 Å². The van der Waals surface area contributed by atoms with E-state index < -0.39 is 0 Å². The number of hydrogen-bond acceptors (Lipinski definition) is 6. The third kappa shape index (κ3) is 6.67. The van der Waals surface area contributed by atoms with Crippen LogP contribution in [0.25, 0.3) is 0 Å². The van der Waals surface area contributed by atoms with E-state index in [4.69, 9.17) is 18.7 Å². The first-order chi connectivity index (χ1) is 15.2. The predicted octanol–water partition coefficient (Wildman–Crippen LogP) is 3.88. The van der Waals surface area contributed by atoms with Gasteiger partial charge in [0.2, 0.25) is 5.91 Å². The number of ether oxygens (including phenoxy) is 3. The molecule has 1 unspecified atom stereocenters. The number of benzene rings is 2. The molecule has 2 heterocycles. The number of amides is 1. The number of carbonyl (C=O) groups is 1. The fourth-order valence-electron chi connectivity index (χ4n) is 3.28. The molecule has 1 amide bonds. The second kappa shape index (κ2) is 10.7. The SMILES string of the molecule is O=C(Cc1cc(COCc2ccc(Oc3ccccc3)cc2)on1)NCC1CCOC1. The van der Waals surface area contributed by atoms with Gasteiger partial charge < -0.3 is 24.1 Å². The lowest BCUT2D eigenvalue weighted by molar-refractivity contribution is -0.120. The van der Waals surface area contributed by atoms with E-state index in [1.807, 2.05) is 54.6 Å². The van der Waals surface area contributed by atoms with E-state index in [1.54, 1.807) is 6.07 Å². The zero-order valence-corrected chi connectivity index (χ0v) is 17.3. The fourth-order valence-corrected chi connectivity index (χ4v) is 3.28. The van der Waals surface area contributed by atoms with E-state index >= 15 is 0 Å². The van der Waals surface area contributed by atoms with Gasteiger partial charge >= 0.3 is 0 Å². The van der Waals surface area contributed by atoms with Crippen LogP contribution in [0.5, 0.6) is 11.5 Å². The molecule has 0 radical (unpaired) electrons. The molecule has 1 aromatic heterocycles. The van der Waals surface area contributed by atoms with Crippen molar-refractivity contribution in [3.63, 3.8) is 0 Å². The predicted molar refractivity (Wildman–Crippen MR) is 114 cm³/mol. The summed E-state index contributed by atoms with van der Waals surface area (Å²) in [7, 11) is 0. The number of nitrogens with zero attached hydrogens (tertiary/aromatic N) is 1. The maximum absolute atomic E-state index is 12.0. The van der Waals surface area contributed by atoms with Gasteiger partial charge in [0.25, 0.3) is 0 Å². The first kappa shape index (κ1) is 21.1. The molecule has 1 fully saturated rings. The Labute approximate surface area is 181 Å². The van der Waals surface area contributed by atoms with Crippen LogP contribution >= 0.6 is 0 Å². The summed E-state index contributed by atoms with van der Waals surface area (Å²) in [5.41, 5.74) is 1.62. The molecule has 1 aliphatic heterocycles. The molecular weight excluding hydrogens is 396 g/mol. The van der Waals surface area contributed by atoms with Crippen molar-refractivity contribution in [2.75, 3.05) is 19.8 Å². The largest absolute Gasteiger partial charge is 0.457 e. The lowest BCUT2D eigenvalue weighted by Gasteiger charge is -2.08. The quantitative estimate of drug-likeness (QED) is 0.534. The molecular formula is C24H26N2O5. The molecule has 0 aliphatic carbocycles. The summed E-state index contributed by atoms with van der Waals surface area (Å²) in [5.74, 6) is 2.51. The number of para-hydroxylation sites is 1. The minimum atomic E-state index is -0.0644. The van der Waals surface area contributed by atoms with Crippen molar-refractivity contribution in [3.8, 4) is 11.5 Å². The van der Waals surface area contributed by atoms with E-state index in [1.165, 1.54) is 0 Å². The molecule has 1 aliphatic rings. The summed E-state index contributed by atoms with van der Waals surface area (Å²) in [6, 6.07) is 19.2. The molecule has 1 atom stereocenters. The van der Waals surface area contributed by atoms with Gasteiger partial charge in [-0.15, -0.1) is 0 Å². The Morgan fingerprint density at radius 2 is 1.87 bits per heavy atom. The van der Waals surface area contributed by atoms with Crippen LogP contribution in [0.3, 0.4) is 0 Å². The van der Waals surface area contributed by atoms with Crippen LogP contribution in [0.15, 0.2) is 65.2 Å². The second-order valence-corrected chi connectivity index (χ2v) is 7.55. The van der Waals surface area contributed by atoms with Gasteiger partial charge in [0.05, 0.1) is 25.3 Å². The van der Waals surface area contributed by atoms with Gasteiger partial charge in [0.15, 0.2) is 5.76 Å². The molecule has 0 spiro atoms. The van der Waals surface area contributed by atoms with Crippen molar-refractivity contribution in [1.29, 1.82) is 0 Å². The summed E-state index contributed by atoms with van der Waals surface area (Å²) in [5, 5.41) is 6.88. The highest BCUT2D eigenvalue weighted by Gasteiger charge is 2.17. The average molecular weight is 422 g/mol. The van der Waals surface area contributed by atoms with Gasteiger partial charge in [-0.25, -0.2) is 0 Å². The molecule has 162 valence electrons. The average Bonchev–Trinajstić information content (AvgIpc) is 3.47. The molecule has 4 rings (SSSR count). The molecule has 7 nitrogen and oxygen atoms in total.